The van der Waals surface area contributed by atoms with Crippen molar-refractivity contribution in [2.45, 2.75) is 19.9 Å². The van der Waals surface area contributed by atoms with Gasteiger partial charge in [0.1, 0.15) is 4.83 Å². The van der Waals surface area contributed by atoms with Crippen LogP contribution in [0, 0.1) is 0 Å². The number of aromatic nitrogens is 3. The molecule has 5 rings (SSSR count). The number of pyridine rings is 1. The van der Waals surface area contributed by atoms with Gasteiger partial charge in [-0.25, -0.2) is 4.98 Å². The minimum atomic E-state index is -0.207. The minimum absolute atomic E-state index is 0.133. The van der Waals surface area contributed by atoms with Crippen molar-refractivity contribution < 1.29 is 4.74 Å². The molecule has 0 spiro atoms. The molecule has 6 nitrogen and oxygen atoms in total. The Balaban J connectivity index is 1.53. The first kappa shape index (κ1) is 20.2. The first-order valence-corrected chi connectivity index (χ1v) is 11.3. The van der Waals surface area contributed by atoms with E-state index in [1.165, 1.54) is 28.3 Å². The quantitative estimate of drug-likeness (QED) is 0.409. The molecular formula is C25H21N3O3S. The van der Waals surface area contributed by atoms with Gasteiger partial charge in [0.05, 0.1) is 24.9 Å². The van der Waals surface area contributed by atoms with Crippen molar-refractivity contribution in [2.75, 3.05) is 6.61 Å². The number of hydrogen-bond acceptors (Lipinski definition) is 5. The highest BCUT2D eigenvalue weighted by Crippen LogP contribution is 2.32. The predicted molar refractivity (Wildman–Crippen MR) is 129 cm³/mol. The van der Waals surface area contributed by atoms with Gasteiger partial charge in [-0.1, -0.05) is 43.3 Å². The van der Waals surface area contributed by atoms with Gasteiger partial charge in [-0.2, -0.15) is 0 Å². The standard InChI is InChI=1S/C25H21N3O3S/c1-2-9-31-22-12-26-19(11-21(22)29)13-28-15-27-24-23(25(28)30)20(14-32-24)18-8-7-16-5-3-4-6-17(16)10-18/h3-8,10-12,14-15H,2,9,13H2,1H3,(H,26,29). The van der Waals surface area contributed by atoms with E-state index in [-0.39, 0.29) is 23.3 Å². The van der Waals surface area contributed by atoms with Gasteiger partial charge < -0.3 is 9.72 Å². The molecule has 0 fully saturated rings. The molecule has 0 saturated carbocycles. The van der Waals surface area contributed by atoms with Crippen LogP contribution in [0.5, 0.6) is 5.75 Å². The number of fused-ring (bicyclic) bond motifs is 2. The molecule has 3 aromatic heterocycles. The van der Waals surface area contributed by atoms with E-state index < -0.39 is 0 Å². The van der Waals surface area contributed by atoms with E-state index in [9.17, 15) is 9.59 Å². The van der Waals surface area contributed by atoms with Gasteiger partial charge >= 0.3 is 0 Å². The Kier molecular flexibility index (Phi) is 5.33. The van der Waals surface area contributed by atoms with Crippen LogP contribution in [-0.2, 0) is 6.54 Å². The molecule has 0 aliphatic carbocycles. The number of nitrogens with zero attached hydrogens (tertiary/aromatic N) is 2. The van der Waals surface area contributed by atoms with E-state index in [0.717, 1.165) is 28.3 Å². The second-order valence-corrected chi connectivity index (χ2v) is 8.46. The molecule has 0 radical (unpaired) electrons. The largest absolute Gasteiger partial charge is 0.488 e. The minimum Gasteiger partial charge on any atom is -0.488 e. The summed E-state index contributed by atoms with van der Waals surface area (Å²) in [5.74, 6) is 0.285. The Morgan fingerprint density at radius 1 is 1.09 bits per heavy atom. The molecule has 0 unspecified atom stereocenters. The molecule has 0 saturated heterocycles. The van der Waals surface area contributed by atoms with Gasteiger partial charge in [0, 0.05) is 28.9 Å². The van der Waals surface area contributed by atoms with Crippen molar-refractivity contribution in [1.29, 1.82) is 0 Å². The molecule has 1 N–H and O–H groups in total. The molecule has 5 aromatic rings. The van der Waals surface area contributed by atoms with Gasteiger partial charge in [0.2, 0.25) is 5.43 Å². The zero-order valence-electron chi connectivity index (χ0n) is 17.5. The Labute approximate surface area is 187 Å². The molecule has 2 aromatic carbocycles. The van der Waals surface area contributed by atoms with Crippen LogP contribution in [0.3, 0.4) is 0 Å². The van der Waals surface area contributed by atoms with Gasteiger partial charge in [-0.15, -0.1) is 11.3 Å². The molecule has 160 valence electrons. The Hall–Kier alpha value is -3.71. The van der Waals surface area contributed by atoms with Crippen LogP contribution in [0.15, 0.2) is 76.0 Å². The first-order chi connectivity index (χ1) is 15.6. The topological polar surface area (TPSA) is 77.0 Å². The SMILES string of the molecule is CCCOc1c[nH]c(Cn2cnc3scc(-c4ccc5ccccc5c4)c3c2=O)cc1=O. The maximum atomic E-state index is 13.4. The molecule has 0 atom stereocenters. The third kappa shape index (κ3) is 3.71. The highest BCUT2D eigenvalue weighted by molar-refractivity contribution is 7.17. The number of aromatic amines is 1. The summed E-state index contributed by atoms with van der Waals surface area (Å²) in [5.41, 5.74) is 2.13. The lowest BCUT2D eigenvalue weighted by atomic mass is 10.0. The molecule has 0 amide bonds. The molecule has 32 heavy (non-hydrogen) atoms. The van der Waals surface area contributed by atoms with Crippen LogP contribution in [0.1, 0.15) is 19.0 Å². The second kappa shape index (κ2) is 8.43. The summed E-state index contributed by atoms with van der Waals surface area (Å²) >= 11 is 1.46. The Bertz CT molecular complexity index is 1550. The molecule has 3 heterocycles. The maximum absolute atomic E-state index is 13.4. The number of nitrogens with one attached hydrogen (secondary N) is 1. The number of rotatable bonds is 6. The predicted octanol–water partition coefficient (Wildman–Crippen LogP) is 4.80. The molecular weight excluding hydrogens is 422 g/mol. The molecule has 7 heteroatoms. The number of H-pyrrole nitrogens is 1. The zero-order chi connectivity index (χ0) is 22.1. The van der Waals surface area contributed by atoms with Gasteiger partial charge in [-0.05, 0) is 28.8 Å². The van der Waals surface area contributed by atoms with E-state index in [1.54, 1.807) is 6.20 Å². The van der Waals surface area contributed by atoms with Gasteiger partial charge in [0.25, 0.3) is 5.56 Å². The van der Waals surface area contributed by atoms with E-state index in [1.807, 2.05) is 30.5 Å². The van der Waals surface area contributed by atoms with E-state index >= 15 is 0 Å². The number of ether oxygens (including phenoxy) is 1. The number of hydrogen-bond donors (Lipinski definition) is 1. The monoisotopic (exact) mass is 443 g/mol. The molecule has 0 aliphatic rings. The van der Waals surface area contributed by atoms with Crippen LogP contribution >= 0.6 is 11.3 Å². The summed E-state index contributed by atoms with van der Waals surface area (Å²) < 4.78 is 6.96. The maximum Gasteiger partial charge on any atom is 0.263 e. The van der Waals surface area contributed by atoms with Crippen LogP contribution in [-0.4, -0.2) is 21.1 Å². The first-order valence-electron chi connectivity index (χ1n) is 10.4. The summed E-state index contributed by atoms with van der Waals surface area (Å²) in [6.07, 6.45) is 3.91. The van der Waals surface area contributed by atoms with Crippen molar-refractivity contribution in [1.82, 2.24) is 14.5 Å². The Morgan fingerprint density at radius 2 is 1.94 bits per heavy atom. The highest BCUT2D eigenvalue weighted by atomic mass is 32.1. The molecule has 0 bridgehead atoms. The van der Waals surface area contributed by atoms with Crippen LogP contribution in [0.4, 0.5) is 0 Å². The normalized spacial score (nSPS) is 11.3. The van der Waals surface area contributed by atoms with Crippen LogP contribution in [0.2, 0.25) is 0 Å². The fourth-order valence-electron chi connectivity index (χ4n) is 3.75. The smallest absolute Gasteiger partial charge is 0.263 e. The van der Waals surface area contributed by atoms with Gasteiger partial charge in [0.15, 0.2) is 5.75 Å². The molecule has 0 aliphatic heterocycles. The van der Waals surface area contributed by atoms with Crippen molar-refractivity contribution in [3.05, 3.63) is 92.7 Å². The summed E-state index contributed by atoms with van der Waals surface area (Å²) in [4.78, 5) is 33.9. The van der Waals surface area contributed by atoms with Crippen molar-refractivity contribution in [3.8, 4) is 16.9 Å². The average Bonchev–Trinajstić information content (AvgIpc) is 3.25. The lowest BCUT2D eigenvalue weighted by Gasteiger charge is -2.08. The van der Waals surface area contributed by atoms with Crippen molar-refractivity contribution >= 4 is 32.3 Å². The zero-order valence-corrected chi connectivity index (χ0v) is 18.3. The third-order valence-corrected chi connectivity index (χ3v) is 6.25. The van der Waals surface area contributed by atoms with Crippen LogP contribution in [0.25, 0.3) is 32.1 Å². The van der Waals surface area contributed by atoms with Crippen molar-refractivity contribution in [3.63, 3.8) is 0 Å². The average molecular weight is 444 g/mol. The fourth-order valence-corrected chi connectivity index (χ4v) is 4.66. The fraction of sp³-hybridized carbons (Fsp3) is 0.160. The summed E-state index contributed by atoms with van der Waals surface area (Å²) in [6.45, 7) is 2.69. The van der Waals surface area contributed by atoms with E-state index in [2.05, 4.69) is 34.2 Å². The second-order valence-electron chi connectivity index (χ2n) is 7.60. The summed E-state index contributed by atoms with van der Waals surface area (Å²) in [5, 5.41) is 4.85. The third-order valence-electron chi connectivity index (χ3n) is 5.36. The lowest BCUT2D eigenvalue weighted by Crippen LogP contribution is -2.22. The number of benzene rings is 2. The number of thiophene rings is 1. The van der Waals surface area contributed by atoms with Gasteiger partial charge in [-0.3, -0.25) is 14.2 Å². The van der Waals surface area contributed by atoms with Crippen LogP contribution < -0.4 is 15.7 Å². The van der Waals surface area contributed by atoms with E-state index in [4.69, 9.17) is 4.74 Å². The lowest BCUT2D eigenvalue weighted by molar-refractivity contribution is 0.313. The van der Waals surface area contributed by atoms with E-state index in [0.29, 0.717) is 22.5 Å². The highest BCUT2D eigenvalue weighted by Gasteiger charge is 2.14. The Morgan fingerprint density at radius 3 is 2.75 bits per heavy atom. The van der Waals surface area contributed by atoms with Crippen molar-refractivity contribution in [2.24, 2.45) is 0 Å². The summed E-state index contributed by atoms with van der Waals surface area (Å²) in [6, 6.07) is 15.8. The summed E-state index contributed by atoms with van der Waals surface area (Å²) in [7, 11) is 0.